The highest BCUT2D eigenvalue weighted by molar-refractivity contribution is 7.10. The summed E-state index contributed by atoms with van der Waals surface area (Å²) in [5.41, 5.74) is 1.20. The number of benzene rings is 3. The van der Waals surface area contributed by atoms with Crippen LogP contribution in [0.15, 0.2) is 87.6 Å². The molecule has 3 aromatic carbocycles. The zero-order valence-corrected chi connectivity index (χ0v) is 16.9. The summed E-state index contributed by atoms with van der Waals surface area (Å²) < 4.78 is 0. The van der Waals surface area contributed by atoms with Crippen molar-refractivity contribution in [1.29, 1.82) is 0 Å². The first-order valence-electron chi connectivity index (χ1n) is 9.48. The van der Waals surface area contributed by atoms with Crippen LogP contribution in [0.4, 0.5) is 0 Å². The summed E-state index contributed by atoms with van der Waals surface area (Å²) in [7, 11) is 0. The Labute approximate surface area is 179 Å². The summed E-state index contributed by atoms with van der Waals surface area (Å²) in [6.07, 6.45) is 1.73. The second kappa shape index (κ2) is 7.62. The van der Waals surface area contributed by atoms with Gasteiger partial charge in [-0.25, -0.2) is 9.98 Å². The summed E-state index contributed by atoms with van der Waals surface area (Å²) in [5.74, 6) is 0.382. The van der Waals surface area contributed by atoms with Crippen LogP contribution in [0.1, 0.15) is 20.8 Å². The van der Waals surface area contributed by atoms with Gasteiger partial charge in [0, 0.05) is 16.3 Å². The molecule has 0 aliphatic carbocycles. The maximum Gasteiger partial charge on any atom is 0.307 e. The molecule has 0 radical (unpaired) electrons. The summed E-state index contributed by atoms with van der Waals surface area (Å²) in [4.78, 5) is 35.7. The number of hydrogen-bond donors (Lipinski definition) is 2. The molecule has 0 fully saturated rings. The van der Waals surface area contributed by atoms with Crippen molar-refractivity contribution in [1.82, 2.24) is 4.98 Å². The average Bonchev–Trinajstić information content (AvgIpc) is 3.36. The molecule has 0 unspecified atom stereocenters. The molecule has 0 saturated carbocycles. The molecule has 1 aliphatic heterocycles. The van der Waals surface area contributed by atoms with Crippen LogP contribution in [0.3, 0.4) is 0 Å². The third-order valence-corrected chi connectivity index (χ3v) is 5.67. The SMILES string of the molecule is O=C(c1ccccc1)c1ccc2c(c1)=NC(=c1ccc(=Cc3sc(=O)[nH]c3O)cc1)N=2. The van der Waals surface area contributed by atoms with Crippen LogP contribution < -0.4 is 26.0 Å². The molecule has 0 amide bonds. The van der Waals surface area contributed by atoms with E-state index in [1.165, 1.54) is 0 Å². The van der Waals surface area contributed by atoms with E-state index in [4.69, 9.17) is 0 Å². The van der Waals surface area contributed by atoms with Crippen LogP contribution >= 0.6 is 11.3 Å². The molecule has 0 spiro atoms. The van der Waals surface area contributed by atoms with Crippen molar-refractivity contribution >= 4 is 29.0 Å². The number of carbonyl (C=O) groups is 1. The first-order chi connectivity index (χ1) is 15.1. The fraction of sp³-hybridized carbons (Fsp3) is 0. The Morgan fingerprint density at radius 3 is 2.35 bits per heavy atom. The number of thiazole rings is 1. The minimum atomic E-state index is -0.303. The standard InChI is InChI=1S/C24H15N3O3S/c28-21(15-4-2-1-3-5-15)17-10-11-18-19(13-17)26-22(25-18)16-8-6-14(7-9-16)12-20-23(29)27-24(30)31-20/h1-13,29H,(H,27,30). The molecule has 0 bridgehead atoms. The zero-order valence-electron chi connectivity index (χ0n) is 16.1. The van der Waals surface area contributed by atoms with Gasteiger partial charge in [-0.2, -0.15) is 0 Å². The van der Waals surface area contributed by atoms with Crippen LogP contribution in [0.25, 0.3) is 11.9 Å². The van der Waals surface area contributed by atoms with E-state index in [1.54, 1.807) is 36.4 Å². The van der Waals surface area contributed by atoms with Crippen molar-refractivity contribution in [2.24, 2.45) is 9.98 Å². The molecule has 4 aromatic rings. The molecule has 0 atom stereocenters. The molecule has 7 heteroatoms. The number of nitrogens with zero attached hydrogens (tertiary/aromatic N) is 2. The van der Waals surface area contributed by atoms with E-state index in [2.05, 4.69) is 15.0 Å². The Morgan fingerprint density at radius 2 is 1.65 bits per heavy atom. The number of rotatable bonds is 3. The van der Waals surface area contributed by atoms with Gasteiger partial charge in [0.15, 0.2) is 11.6 Å². The lowest BCUT2D eigenvalue weighted by atomic mass is 10.0. The van der Waals surface area contributed by atoms with Crippen molar-refractivity contribution < 1.29 is 9.90 Å². The molecule has 150 valence electrons. The van der Waals surface area contributed by atoms with Gasteiger partial charge in [-0.05, 0) is 29.5 Å². The van der Waals surface area contributed by atoms with Crippen LogP contribution in [-0.2, 0) is 0 Å². The highest BCUT2D eigenvalue weighted by Gasteiger charge is 2.11. The van der Waals surface area contributed by atoms with Crippen molar-refractivity contribution in [2.45, 2.75) is 0 Å². The van der Waals surface area contributed by atoms with Gasteiger partial charge in [-0.3, -0.25) is 14.6 Å². The van der Waals surface area contributed by atoms with Crippen LogP contribution in [0, 0.1) is 0 Å². The number of H-pyrrole nitrogens is 1. The molecule has 2 N–H and O–H groups in total. The van der Waals surface area contributed by atoms with Crippen LogP contribution in [-0.4, -0.2) is 15.9 Å². The van der Waals surface area contributed by atoms with Gasteiger partial charge in [-0.15, -0.1) is 0 Å². The molecular weight excluding hydrogens is 410 g/mol. The van der Waals surface area contributed by atoms with Crippen molar-refractivity contribution in [2.75, 3.05) is 0 Å². The molecule has 2 heterocycles. The number of aromatic amines is 1. The topological polar surface area (TPSA) is 94.9 Å². The molecule has 6 nitrogen and oxygen atoms in total. The fourth-order valence-electron chi connectivity index (χ4n) is 3.30. The van der Waals surface area contributed by atoms with Gasteiger partial charge < -0.3 is 5.11 Å². The van der Waals surface area contributed by atoms with Crippen molar-refractivity contribution in [3.05, 3.63) is 120 Å². The molecule has 0 saturated heterocycles. The first kappa shape index (κ1) is 18.9. The van der Waals surface area contributed by atoms with Crippen molar-refractivity contribution in [3.63, 3.8) is 0 Å². The predicted molar refractivity (Wildman–Crippen MR) is 118 cm³/mol. The fourth-order valence-corrected chi connectivity index (χ4v) is 3.99. The zero-order chi connectivity index (χ0) is 21.4. The Kier molecular flexibility index (Phi) is 4.65. The van der Waals surface area contributed by atoms with Gasteiger partial charge in [0.1, 0.15) is 0 Å². The van der Waals surface area contributed by atoms with E-state index < -0.39 is 0 Å². The summed E-state index contributed by atoms with van der Waals surface area (Å²) in [5, 5.41) is 12.8. The summed E-state index contributed by atoms with van der Waals surface area (Å²) in [6.45, 7) is 0. The monoisotopic (exact) mass is 425 g/mol. The van der Waals surface area contributed by atoms with Crippen molar-refractivity contribution in [3.8, 4) is 5.88 Å². The van der Waals surface area contributed by atoms with Gasteiger partial charge >= 0.3 is 4.87 Å². The summed E-state index contributed by atoms with van der Waals surface area (Å²) >= 11 is 0.946. The molecule has 1 aliphatic rings. The second-order valence-corrected chi connectivity index (χ2v) is 7.95. The molecular formula is C24H15N3O3S. The lowest BCUT2D eigenvalue weighted by Crippen LogP contribution is -2.22. The largest absolute Gasteiger partial charge is 0.493 e. The third-order valence-electron chi connectivity index (χ3n) is 4.85. The lowest BCUT2D eigenvalue weighted by molar-refractivity contribution is 0.103. The van der Waals surface area contributed by atoms with Crippen LogP contribution in [0.2, 0.25) is 0 Å². The van der Waals surface area contributed by atoms with E-state index in [0.717, 1.165) is 27.1 Å². The van der Waals surface area contributed by atoms with E-state index in [9.17, 15) is 14.7 Å². The van der Waals surface area contributed by atoms with Gasteiger partial charge in [0.2, 0.25) is 5.88 Å². The number of carbonyl (C=O) groups excluding carboxylic acids is 1. The Hall–Kier alpha value is -4.10. The number of fused-ring (bicyclic) bond motifs is 1. The summed E-state index contributed by atoms with van der Waals surface area (Å²) in [6, 6.07) is 22.0. The van der Waals surface area contributed by atoms with Gasteiger partial charge in [-0.1, -0.05) is 65.9 Å². The number of aromatic nitrogens is 1. The minimum Gasteiger partial charge on any atom is -0.493 e. The third kappa shape index (κ3) is 3.74. The quantitative estimate of drug-likeness (QED) is 0.483. The Bertz CT molecular complexity index is 1610. The number of ketones is 1. The predicted octanol–water partition coefficient (Wildman–Crippen LogP) is 1.22. The highest BCUT2D eigenvalue weighted by Crippen LogP contribution is 2.15. The van der Waals surface area contributed by atoms with E-state index in [0.29, 0.717) is 27.2 Å². The number of aromatic hydroxyl groups is 1. The highest BCUT2D eigenvalue weighted by atomic mass is 32.1. The molecule has 1 aromatic heterocycles. The van der Waals surface area contributed by atoms with E-state index in [-0.39, 0.29) is 16.5 Å². The van der Waals surface area contributed by atoms with Gasteiger partial charge in [0.25, 0.3) is 0 Å². The normalized spacial score (nSPS) is 12.1. The molecule has 5 rings (SSSR count). The van der Waals surface area contributed by atoms with E-state index in [1.807, 2.05) is 42.5 Å². The lowest BCUT2D eigenvalue weighted by Gasteiger charge is -1.99. The minimum absolute atomic E-state index is 0.0535. The van der Waals surface area contributed by atoms with E-state index >= 15 is 0 Å². The Morgan fingerprint density at radius 1 is 0.903 bits per heavy atom. The maximum atomic E-state index is 12.7. The molecule has 31 heavy (non-hydrogen) atoms. The second-order valence-electron chi connectivity index (χ2n) is 6.94. The number of hydrogen-bond acceptors (Lipinski definition) is 6. The Balaban J connectivity index is 1.51. The maximum absolute atomic E-state index is 12.7. The smallest absolute Gasteiger partial charge is 0.307 e. The van der Waals surface area contributed by atoms with Crippen LogP contribution in [0.5, 0.6) is 5.88 Å². The average molecular weight is 425 g/mol. The van der Waals surface area contributed by atoms with Gasteiger partial charge in [0.05, 0.1) is 15.6 Å². The first-order valence-corrected chi connectivity index (χ1v) is 10.3. The number of nitrogens with one attached hydrogen (secondary N) is 1.